The number of allylic oxidation sites excluding steroid dienone is 4. The molecule has 2 aliphatic rings. The van der Waals surface area contributed by atoms with Crippen LogP contribution in [-0.4, -0.2) is 58.1 Å². The third-order valence-corrected chi connectivity index (χ3v) is 6.03. The number of fused-ring (bicyclic) bond motifs is 3. The van der Waals surface area contributed by atoms with Crippen molar-refractivity contribution in [3.8, 4) is 0 Å². The van der Waals surface area contributed by atoms with E-state index < -0.39 is 24.1 Å². The van der Waals surface area contributed by atoms with Gasteiger partial charge in [0, 0.05) is 19.0 Å². The Morgan fingerprint density at radius 3 is 2.73 bits per heavy atom. The molecule has 9 nitrogen and oxygen atoms in total. The van der Waals surface area contributed by atoms with Crippen LogP contribution in [0.2, 0.25) is 0 Å². The molecule has 3 atom stereocenters. The molecule has 3 heterocycles. The molecular formula is C28H35N3O6. The van der Waals surface area contributed by atoms with E-state index in [1.807, 2.05) is 45.9 Å². The first kappa shape index (κ1) is 27.9. The Labute approximate surface area is 217 Å². The minimum atomic E-state index is -0.866. The first-order valence-corrected chi connectivity index (χ1v) is 12.5. The van der Waals surface area contributed by atoms with E-state index in [0.717, 1.165) is 5.57 Å². The Morgan fingerprint density at radius 2 is 1.97 bits per heavy atom. The van der Waals surface area contributed by atoms with E-state index in [2.05, 4.69) is 10.3 Å². The zero-order valence-corrected chi connectivity index (χ0v) is 21.7. The molecule has 0 saturated carbocycles. The summed E-state index contributed by atoms with van der Waals surface area (Å²) in [6.45, 7) is 8.31. The molecular weight excluding hydrogens is 474 g/mol. The molecule has 0 aliphatic carbocycles. The van der Waals surface area contributed by atoms with Crippen LogP contribution in [0.25, 0.3) is 0 Å². The van der Waals surface area contributed by atoms with Crippen molar-refractivity contribution in [2.75, 3.05) is 13.1 Å². The van der Waals surface area contributed by atoms with Gasteiger partial charge in [0.2, 0.25) is 5.91 Å². The maximum atomic E-state index is 13.1. The van der Waals surface area contributed by atoms with Crippen LogP contribution >= 0.6 is 0 Å². The largest absolute Gasteiger partial charge is 0.457 e. The van der Waals surface area contributed by atoms with Crippen LogP contribution in [0.3, 0.4) is 0 Å². The Morgan fingerprint density at radius 1 is 1.19 bits per heavy atom. The predicted octanol–water partition coefficient (Wildman–Crippen LogP) is 3.26. The number of aliphatic hydroxyl groups excluding tert-OH is 1. The van der Waals surface area contributed by atoms with Gasteiger partial charge in [-0.3, -0.25) is 9.59 Å². The summed E-state index contributed by atoms with van der Waals surface area (Å²) in [4.78, 5) is 44.0. The van der Waals surface area contributed by atoms with Gasteiger partial charge in [0.05, 0.1) is 12.5 Å². The van der Waals surface area contributed by atoms with Gasteiger partial charge in [0.1, 0.15) is 18.1 Å². The molecule has 1 aromatic rings. The van der Waals surface area contributed by atoms with Gasteiger partial charge in [-0.15, -0.1) is 0 Å². The molecule has 1 aromatic heterocycles. The van der Waals surface area contributed by atoms with E-state index in [0.29, 0.717) is 19.5 Å². The third kappa shape index (κ3) is 7.88. The van der Waals surface area contributed by atoms with Crippen molar-refractivity contribution in [2.45, 2.75) is 52.7 Å². The first-order chi connectivity index (χ1) is 17.7. The molecule has 0 saturated heterocycles. The summed E-state index contributed by atoms with van der Waals surface area (Å²) >= 11 is 0. The molecule has 2 bridgehead atoms. The molecule has 9 heteroatoms. The fourth-order valence-corrected chi connectivity index (χ4v) is 4.09. The highest BCUT2D eigenvalue weighted by Gasteiger charge is 2.33. The summed E-state index contributed by atoms with van der Waals surface area (Å²) in [5, 5.41) is 13.1. The number of oxazole rings is 1. The van der Waals surface area contributed by atoms with Gasteiger partial charge >= 0.3 is 5.97 Å². The monoisotopic (exact) mass is 509 g/mol. The summed E-state index contributed by atoms with van der Waals surface area (Å²) < 4.78 is 11.2. The molecule has 0 aromatic carbocycles. The summed E-state index contributed by atoms with van der Waals surface area (Å²) in [5.41, 5.74) is 1.14. The lowest BCUT2D eigenvalue weighted by atomic mass is 9.94. The Kier molecular flexibility index (Phi) is 9.79. The van der Waals surface area contributed by atoms with Crippen LogP contribution in [0.4, 0.5) is 0 Å². The van der Waals surface area contributed by atoms with E-state index >= 15 is 0 Å². The average Bonchev–Trinajstić information content (AvgIpc) is 3.52. The van der Waals surface area contributed by atoms with Gasteiger partial charge in [-0.2, -0.15) is 0 Å². The number of cyclic esters (lactones) is 1. The van der Waals surface area contributed by atoms with Crippen molar-refractivity contribution >= 4 is 17.8 Å². The molecule has 3 rings (SSSR count). The summed E-state index contributed by atoms with van der Waals surface area (Å²) in [6.07, 6.45) is 14.1. The smallest absolute Gasteiger partial charge is 0.355 e. The highest BCUT2D eigenvalue weighted by molar-refractivity contribution is 6.00. The minimum Gasteiger partial charge on any atom is -0.457 e. The SMILES string of the molecule is CC1=C\C=C\[C@H](O)Cc2nc(co2)C(=O)N2CCC=C2C(=O)O[C@H](C(C)C)[C@H](C)/C=C/C(=O)NC\C=C\1. The van der Waals surface area contributed by atoms with Crippen LogP contribution in [0, 0.1) is 11.8 Å². The van der Waals surface area contributed by atoms with Gasteiger partial charge in [0.25, 0.3) is 5.91 Å². The molecule has 37 heavy (non-hydrogen) atoms. The molecule has 0 unspecified atom stereocenters. The fourth-order valence-electron chi connectivity index (χ4n) is 4.09. The summed E-state index contributed by atoms with van der Waals surface area (Å²) in [5.74, 6) is -1.39. The van der Waals surface area contributed by atoms with Crippen LogP contribution in [0.1, 0.15) is 50.5 Å². The number of nitrogens with zero attached hydrogens (tertiary/aromatic N) is 2. The number of hydrogen-bond acceptors (Lipinski definition) is 7. The molecule has 2 aliphatic heterocycles. The van der Waals surface area contributed by atoms with E-state index in [1.54, 1.807) is 24.3 Å². The number of hydrogen-bond donors (Lipinski definition) is 2. The number of ether oxygens (including phenoxy) is 1. The number of rotatable bonds is 1. The zero-order chi connectivity index (χ0) is 26.9. The lowest BCUT2D eigenvalue weighted by molar-refractivity contribution is -0.149. The zero-order valence-electron chi connectivity index (χ0n) is 21.7. The second kappa shape index (κ2) is 13.0. The molecule has 198 valence electrons. The first-order valence-electron chi connectivity index (χ1n) is 12.5. The number of carbonyl (C=O) groups excluding carboxylic acids is 3. The Bertz CT molecular complexity index is 1140. The van der Waals surface area contributed by atoms with Gasteiger partial charge < -0.3 is 24.5 Å². The number of carbonyl (C=O) groups is 3. The number of nitrogens with one attached hydrogen (secondary N) is 1. The van der Waals surface area contributed by atoms with Crippen molar-refractivity contribution in [3.05, 3.63) is 77.7 Å². The van der Waals surface area contributed by atoms with Crippen molar-refractivity contribution in [1.29, 1.82) is 0 Å². The number of aliphatic hydroxyl groups is 1. The standard InChI is InChI=1S/C28H35N3O6/c1-18(2)26-20(4)12-13-24(33)29-14-6-9-19(3)8-5-10-21(32)16-25-30-22(17-36-25)27(34)31-15-7-11-23(31)28(35)37-26/h5-6,8-13,17-18,20-21,26,32H,7,14-16H2,1-4H3,(H,29,33)/b9-6+,10-5+,13-12+,19-8+/t20-,21+,26-/m1/s1. The quantitative estimate of drug-likeness (QED) is 0.557. The second-order valence-electron chi connectivity index (χ2n) is 9.51. The highest BCUT2D eigenvalue weighted by atomic mass is 16.5. The van der Waals surface area contributed by atoms with E-state index in [-0.39, 0.29) is 41.4 Å². The summed E-state index contributed by atoms with van der Waals surface area (Å²) in [7, 11) is 0. The van der Waals surface area contributed by atoms with E-state index in [4.69, 9.17) is 9.15 Å². The van der Waals surface area contributed by atoms with Gasteiger partial charge in [-0.1, -0.05) is 68.9 Å². The van der Waals surface area contributed by atoms with Crippen LogP contribution in [-0.2, 0) is 20.7 Å². The van der Waals surface area contributed by atoms with Crippen LogP contribution in [0.15, 0.2) is 70.6 Å². The normalized spacial score (nSPS) is 28.4. The van der Waals surface area contributed by atoms with E-state index in [1.165, 1.54) is 17.2 Å². The average molecular weight is 510 g/mol. The van der Waals surface area contributed by atoms with Crippen molar-refractivity contribution in [3.63, 3.8) is 0 Å². The van der Waals surface area contributed by atoms with Gasteiger partial charge in [0.15, 0.2) is 11.6 Å². The Hall–Kier alpha value is -3.72. The third-order valence-electron chi connectivity index (χ3n) is 6.03. The highest BCUT2D eigenvalue weighted by Crippen LogP contribution is 2.24. The fraction of sp³-hybridized carbons (Fsp3) is 0.429. The predicted molar refractivity (Wildman–Crippen MR) is 138 cm³/mol. The number of esters is 1. The topological polar surface area (TPSA) is 122 Å². The van der Waals surface area contributed by atoms with Crippen molar-refractivity contribution in [1.82, 2.24) is 15.2 Å². The lowest BCUT2D eigenvalue weighted by Crippen LogP contribution is -2.36. The molecule has 0 fully saturated rings. The molecule has 2 amide bonds. The van der Waals surface area contributed by atoms with Crippen molar-refractivity contribution < 1.29 is 28.6 Å². The minimum absolute atomic E-state index is 0.0249. The lowest BCUT2D eigenvalue weighted by Gasteiger charge is -2.27. The van der Waals surface area contributed by atoms with Crippen molar-refractivity contribution in [2.24, 2.45) is 11.8 Å². The maximum absolute atomic E-state index is 13.1. The van der Waals surface area contributed by atoms with Crippen LogP contribution in [0.5, 0.6) is 0 Å². The summed E-state index contributed by atoms with van der Waals surface area (Å²) in [6, 6.07) is 0. The molecule has 2 N–H and O–H groups in total. The van der Waals surface area contributed by atoms with E-state index in [9.17, 15) is 19.5 Å². The molecule has 0 spiro atoms. The number of aromatic nitrogens is 1. The second-order valence-corrected chi connectivity index (χ2v) is 9.51. The van der Waals surface area contributed by atoms with Gasteiger partial charge in [-0.25, -0.2) is 9.78 Å². The maximum Gasteiger partial charge on any atom is 0.355 e. The Balaban J connectivity index is 1.87. The number of amides is 2. The van der Waals surface area contributed by atoms with Gasteiger partial charge in [-0.05, 0) is 25.3 Å². The molecule has 0 radical (unpaired) electrons. The van der Waals surface area contributed by atoms with Crippen LogP contribution < -0.4 is 5.32 Å².